The first-order valence-corrected chi connectivity index (χ1v) is 12.6. The average Bonchev–Trinajstić information content (AvgIpc) is 3.59. The number of hydrogen-bond acceptors (Lipinski definition) is 7. The van der Waals surface area contributed by atoms with Crippen molar-refractivity contribution >= 4 is 23.3 Å². The molecule has 0 unspecified atom stereocenters. The van der Waals surface area contributed by atoms with Gasteiger partial charge in [-0.15, -0.1) is 0 Å². The minimum absolute atomic E-state index is 0.413. The van der Waals surface area contributed by atoms with E-state index in [4.69, 9.17) is 20.1 Å². The molecule has 35 heavy (non-hydrogen) atoms. The van der Waals surface area contributed by atoms with Crippen LogP contribution < -0.4 is 15.1 Å². The molecule has 4 heterocycles. The second-order valence-electron chi connectivity index (χ2n) is 9.46. The third kappa shape index (κ3) is 4.46. The van der Waals surface area contributed by atoms with Crippen molar-refractivity contribution in [3.8, 4) is 11.3 Å². The van der Waals surface area contributed by atoms with Gasteiger partial charge in [-0.25, -0.2) is 4.98 Å². The van der Waals surface area contributed by atoms with Crippen LogP contribution in [0.5, 0.6) is 0 Å². The van der Waals surface area contributed by atoms with Crippen molar-refractivity contribution in [2.45, 2.75) is 38.1 Å². The summed E-state index contributed by atoms with van der Waals surface area (Å²) in [7, 11) is 0. The highest BCUT2D eigenvalue weighted by Crippen LogP contribution is 2.39. The SMILES string of the molecule is N=C(NC1CCCC1)c1cccc(-c2nc(N3CCOCC3)nc3c2CCN3c2ccncc2)c1. The van der Waals surface area contributed by atoms with Crippen LogP contribution in [0.3, 0.4) is 0 Å². The number of amidine groups is 1. The molecule has 0 amide bonds. The molecule has 0 spiro atoms. The summed E-state index contributed by atoms with van der Waals surface area (Å²) in [6, 6.07) is 12.7. The Morgan fingerprint density at radius 2 is 1.80 bits per heavy atom. The number of anilines is 3. The third-order valence-corrected chi connectivity index (χ3v) is 7.21. The van der Waals surface area contributed by atoms with Gasteiger partial charge < -0.3 is 19.9 Å². The quantitative estimate of drug-likeness (QED) is 0.432. The zero-order chi connectivity index (χ0) is 23.6. The molecular weight excluding hydrogens is 438 g/mol. The molecule has 3 aliphatic rings. The van der Waals surface area contributed by atoms with Gasteiger partial charge in [-0.1, -0.05) is 31.0 Å². The Bertz CT molecular complexity index is 1200. The molecule has 0 radical (unpaired) electrons. The number of hydrogen-bond donors (Lipinski definition) is 2. The molecule has 6 rings (SSSR count). The van der Waals surface area contributed by atoms with E-state index in [2.05, 4.69) is 32.2 Å². The summed E-state index contributed by atoms with van der Waals surface area (Å²) in [6.45, 7) is 3.78. The Morgan fingerprint density at radius 3 is 2.60 bits per heavy atom. The first-order valence-electron chi connectivity index (χ1n) is 12.6. The monoisotopic (exact) mass is 469 g/mol. The Kier molecular flexibility index (Phi) is 6.04. The van der Waals surface area contributed by atoms with Gasteiger partial charge in [0.1, 0.15) is 11.7 Å². The van der Waals surface area contributed by atoms with Crippen LogP contribution in [0.25, 0.3) is 11.3 Å². The van der Waals surface area contributed by atoms with Gasteiger partial charge in [0, 0.05) is 60.4 Å². The van der Waals surface area contributed by atoms with Crippen LogP contribution in [0, 0.1) is 5.41 Å². The number of nitrogens with one attached hydrogen (secondary N) is 2. The number of aromatic nitrogens is 3. The van der Waals surface area contributed by atoms with E-state index in [0.29, 0.717) is 25.1 Å². The van der Waals surface area contributed by atoms with Crippen LogP contribution in [0.15, 0.2) is 48.8 Å². The van der Waals surface area contributed by atoms with Crippen molar-refractivity contribution in [2.75, 3.05) is 42.6 Å². The highest BCUT2D eigenvalue weighted by Gasteiger charge is 2.29. The van der Waals surface area contributed by atoms with Crippen LogP contribution >= 0.6 is 0 Å². The summed E-state index contributed by atoms with van der Waals surface area (Å²) in [4.78, 5) is 18.8. The fourth-order valence-corrected chi connectivity index (χ4v) is 5.34. The van der Waals surface area contributed by atoms with Crippen molar-refractivity contribution in [3.63, 3.8) is 0 Å². The Morgan fingerprint density at radius 1 is 1.00 bits per heavy atom. The van der Waals surface area contributed by atoms with E-state index in [1.807, 2.05) is 36.7 Å². The molecule has 1 saturated carbocycles. The first-order chi connectivity index (χ1) is 17.3. The van der Waals surface area contributed by atoms with Gasteiger partial charge in [0.15, 0.2) is 0 Å². The number of fused-ring (bicyclic) bond motifs is 1. The standard InChI is InChI=1S/C27H31N7O/c28-25(30-21-6-1-2-7-21)20-5-3-4-19(18-20)24-23-10-13-34(22-8-11-29-12-9-22)26(23)32-27(31-24)33-14-16-35-17-15-33/h3-5,8-9,11-12,18,21H,1-2,6-7,10,13-17H2,(H2,28,30). The lowest BCUT2D eigenvalue weighted by Gasteiger charge is -2.28. The van der Waals surface area contributed by atoms with Crippen LogP contribution in [0.1, 0.15) is 36.8 Å². The van der Waals surface area contributed by atoms with Gasteiger partial charge in [-0.05, 0) is 37.5 Å². The second-order valence-corrected chi connectivity index (χ2v) is 9.46. The Hall–Kier alpha value is -3.52. The summed E-state index contributed by atoms with van der Waals surface area (Å²) >= 11 is 0. The summed E-state index contributed by atoms with van der Waals surface area (Å²) < 4.78 is 5.57. The van der Waals surface area contributed by atoms with Crippen molar-refractivity contribution < 1.29 is 4.74 Å². The molecule has 180 valence electrons. The molecule has 1 aliphatic carbocycles. The maximum absolute atomic E-state index is 8.67. The highest BCUT2D eigenvalue weighted by molar-refractivity contribution is 5.97. The maximum Gasteiger partial charge on any atom is 0.228 e. The maximum atomic E-state index is 8.67. The second kappa shape index (κ2) is 9.62. The Labute approximate surface area is 205 Å². The fraction of sp³-hybridized carbons (Fsp3) is 0.407. The van der Waals surface area contributed by atoms with Gasteiger partial charge in [0.05, 0.1) is 18.9 Å². The smallest absolute Gasteiger partial charge is 0.228 e. The zero-order valence-corrected chi connectivity index (χ0v) is 19.9. The molecule has 8 nitrogen and oxygen atoms in total. The number of rotatable bonds is 5. The number of benzene rings is 1. The molecular formula is C27H31N7O. The predicted molar refractivity (Wildman–Crippen MR) is 138 cm³/mol. The van der Waals surface area contributed by atoms with Crippen LogP contribution in [0.4, 0.5) is 17.5 Å². The van der Waals surface area contributed by atoms with Gasteiger partial charge >= 0.3 is 0 Å². The van der Waals surface area contributed by atoms with E-state index in [9.17, 15) is 0 Å². The lowest BCUT2D eigenvalue weighted by Crippen LogP contribution is -2.37. The van der Waals surface area contributed by atoms with E-state index in [-0.39, 0.29) is 0 Å². The lowest BCUT2D eigenvalue weighted by atomic mass is 10.0. The van der Waals surface area contributed by atoms with E-state index < -0.39 is 0 Å². The number of pyridine rings is 1. The normalized spacial score (nSPS) is 18.1. The third-order valence-electron chi connectivity index (χ3n) is 7.21. The van der Waals surface area contributed by atoms with Crippen molar-refractivity contribution in [1.29, 1.82) is 5.41 Å². The van der Waals surface area contributed by atoms with Crippen molar-refractivity contribution in [1.82, 2.24) is 20.3 Å². The van der Waals surface area contributed by atoms with E-state index in [0.717, 1.165) is 78.7 Å². The molecule has 2 aliphatic heterocycles. The summed E-state index contributed by atoms with van der Waals surface area (Å²) in [6.07, 6.45) is 9.31. The molecule has 2 aromatic heterocycles. The van der Waals surface area contributed by atoms with E-state index >= 15 is 0 Å². The minimum atomic E-state index is 0.413. The molecule has 1 aromatic carbocycles. The topological polar surface area (TPSA) is 90.3 Å². The van der Waals surface area contributed by atoms with Crippen LogP contribution in [-0.4, -0.2) is 59.7 Å². The summed E-state index contributed by atoms with van der Waals surface area (Å²) in [5.74, 6) is 2.20. The summed E-state index contributed by atoms with van der Waals surface area (Å²) in [5.41, 5.74) is 5.14. The van der Waals surface area contributed by atoms with E-state index in [1.165, 1.54) is 12.8 Å². The predicted octanol–water partition coefficient (Wildman–Crippen LogP) is 3.93. The van der Waals surface area contributed by atoms with Crippen molar-refractivity contribution in [3.05, 3.63) is 59.9 Å². The highest BCUT2D eigenvalue weighted by atomic mass is 16.5. The number of ether oxygens (including phenoxy) is 1. The van der Waals surface area contributed by atoms with Crippen molar-refractivity contribution in [2.24, 2.45) is 0 Å². The van der Waals surface area contributed by atoms with E-state index in [1.54, 1.807) is 0 Å². The molecule has 2 fully saturated rings. The minimum Gasteiger partial charge on any atom is -0.378 e. The first kappa shape index (κ1) is 22.0. The van der Waals surface area contributed by atoms with Gasteiger partial charge in [-0.3, -0.25) is 10.4 Å². The number of morpholine rings is 1. The largest absolute Gasteiger partial charge is 0.378 e. The molecule has 0 bridgehead atoms. The molecule has 1 saturated heterocycles. The van der Waals surface area contributed by atoms with Gasteiger partial charge in [0.25, 0.3) is 0 Å². The Balaban J connectivity index is 1.39. The fourth-order valence-electron chi connectivity index (χ4n) is 5.34. The van der Waals surface area contributed by atoms with Gasteiger partial charge in [-0.2, -0.15) is 4.98 Å². The molecule has 3 aromatic rings. The number of nitrogens with zero attached hydrogens (tertiary/aromatic N) is 5. The summed E-state index contributed by atoms with van der Waals surface area (Å²) in [5, 5.41) is 12.1. The molecule has 2 N–H and O–H groups in total. The molecule has 8 heteroatoms. The molecule has 0 atom stereocenters. The van der Waals surface area contributed by atoms with Crippen LogP contribution in [-0.2, 0) is 11.2 Å². The average molecular weight is 470 g/mol. The van der Waals surface area contributed by atoms with Crippen LogP contribution in [0.2, 0.25) is 0 Å². The lowest BCUT2D eigenvalue weighted by molar-refractivity contribution is 0.122. The zero-order valence-electron chi connectivity index (χ0n) is 19.9. The van der Waals surface area contributed by atoms with Gasteiger partial charge in [0.2, 0.25) is 5.95 Å².